The van der Waals surface area contributed by atoms with E-state index in [9.17, 15) is 9.90 Å². The summed E-state index contributed by atoms with van der Waals surface area (Å²) < 4.78 is 11.1. The maximum Gasteiger partial charge on any atom is 0.234 e. The molecule has 4 aliphatic rings. The number of nitrogens with one attached hydrogen (secondary N) is 1. The number of rotatable bonds is 4. The lowest BCUT2D eigenvalue weighted by Gasteiger charge is -2.52. The fourth-order valence-corrected chi connectivity index (χ4v) is 6.16. The Bertz CT molecular complexity index is 778. The monoisotopic (exact) mass is 414 g/mol. The molecule has 0 aromatic heterocycles. The van der Waals surface area contributed by atoms with Crippen LogP contribution in [0.4, 0.5) is 0 Å². The average molecular weight is 415 g/mol. The second-order valence-electron chi connectivity index (χ2n) is 9.64. The van der Waals surface area contributed by atoms with E-state index in [2.05, 4.69) is 22.3 Å². The molecule has 6 nitrogen and oxygen atoms in total. The van der Waals surface area contributed by atoms with Gasteiger partial charge >= 0.3 is 0 Å². The summed E-state index contributed by atoms with van der Waals surface area (Å²) >= 11 is 0. The van der Waals surface area contributed by atoms with Gasteiger partial charge in [-0.2, -0.15) is 0 Å². The van der Waals surface area contributed by atoms with Crippen molar-refractivity contribution in [1.29, 1.82) is 0 Å². The van der Waals surface area contributed by atoms with Gasteiger partial charge in [-0.1, -0.05) is 38.2 Å². The fraction of sp³-hybridized carbons (Fsp3) is 0.708. The number of aliphatic hydroxyl groups is 1. The van der Waals surface area contributed by atoms with Gasteiger partial charge in [0, 0.05) is 24.5 Å². The number of hydrogen-bond donors (Lipinski definition) is 2. The molecule has 2 heterocycles. The first-order valence-corrected chi connectivity index (χ1v) is 11.8. The quantitative estimate of drug-likeness (QED) is 0.789. The summed E-state index contributed by atoms with van der Waals surface area (Å²) in [7, 11) is 0. The number of likely N-dealkylation sites (tertiary alicyclic amines) is 1. The number of piperidine rings is 1. The number of benzene rings is 1. The van der Waals surface area contributed by atoms with Crippen LogP contribution in [0.3, 0.4) is 0 Å². The summed E-state index contributed by atoms with van der Waals surface area (Å²) in [6.45, 7) is 1.39. The van der Waals surface area contributed by atoms with E-state index in [0.717, 1.165) is 68.6 Å². The first kappa shape index (κ1) is 20.1. The molecule has 0 spiro atoms. The summed E-state index contributed by atoms with van der Waals surface area (Å²) in [5, 5.41) is 14.7. The highest BCUT2D eigenvalue weighted by Gasteiger charge is 2.49. The van der Waals surface area contributed by atoms with Gasteiger partial charge in [-0.25, -0.2) is 0 Å². The highest BCUT2D eigenvalue weighted by molar-refractivity contribution is 5.78. The Morgan fingerprint density at radius 3 is 2.73 bits per heavy atom. The van der Waals surface area contributed by atoms with Gasteiger partial charge in [0.2, 0.25) is 12.7 Å². The molecule has 30 heavy (non-hydrogen) atoms. The molecule has 2 aliphatic carbocycles. The number of carbonyl (C=O) groups is 1. The maximum atomic E-state index is 12.9. The molecule has 1 amide bonds. The van der Waals surface area contributed by atoms with E-state index < -0.39 is 5.60 Å². The second-order valence-corrected chi connectivity index (χ2v) is 9.64. The Labute approximate surface area is 178 Å². The van der Waals surface area contributed by atoms with E-state index >= 15 is 0 Å². The predicted octanol–water partition coefficient (Wildman–Crippen LogP) is 3.53. The number of hydrogen-bond acceptors (Lipinski definition) is 5. The van der Waals surface area contributed by atoms with Crippen LogP contribution in [0.25, 0.3) is 0 Å². The van der Waals surface area contributed by atoms with Crippen LogP contribution in [0.1, 0.15) is 75.8 Å². The van der Waals surface area contributed by atoms with Gasteiger partial charge in [-0.05, 0) is 49.8 Å². The Balaban J connectivity index is 1.38. The number of fused-ring (bicyclic) bond motifs is 2. The minimum absolute atomic E-state index is 0.0238. The summed E-state index contributed by atoms with van der Waals surface area (Å²) in [6, 6.07) is 6.46. The molecule has 1 aromatic rings. The van der Waals surface area contributed by atoms with Crippen LogP contribution >= 0.6 is 0 Å². The van der Waals surface area contributed by atoms with Gasteiger partial charge in [0.15, 0.2) is 11.5 Å². The lowest BCUT2D eigenvalue weighted by atomic mass is 9.66. The second kappa shape index (κ2) is 8.39. The van der Waals surface area contributed by atoms with Crippen molar-refractivity contribution in [2.45, 2.75) is 81.9 Å². The third-order valence-electron chi connectivity index (χ3n) is 7.73. The molecular weight excluding hydrogens is 380 g/mol. The Kier molecular flexibility index (Phi) is 5.63. The molecule has 164 valence electrons. The Morgan fingerprint density at radius 2 is 1.87 bits per heavy atom. The van der Waals surface area contributed by atoms with Gasteiger partial charge in [-0.3, -0.25) is 9.69 Å². The first-order chi connectivity index (χ1) is 14.6. The summed E-state index contributed by atoms with van der Waals surface area (Å²) in [5.41, 5.74) is 0.491. The van der Waals surface area contributed by atoms with Gasteiger partial charge in [0.25, 0.3) is 0 Å². The van der Waals surface area contributed by atoms with Crippen LogP contribution in [0.5, 0.6) is 11.5 Å². The first-order valence-electron chi connectivity index (χ1n) is 11.8. The topological polar surface area (TPSA) is 71.0 Å². The normalized spacial score (nSPS) is 31.9. The van der Waals surface area contributed by atoms with Crippen molar-refractivity contribution in [2.75, 3.05) is 19.9 Å². The molecule has 6 heteroatoms. The zero-order valence-corrected chi connectivity index (χ0v) is 17.8. The molecule has 2 saturated carbocycles. The zero-order chi connectivity index (χ0) is 20.6. The average Bonchev–Trinajstić information content (AvgIpc) is 3.22. The van der Waals surface area contributed by atoms with E-state index in [4.69, 9.17) is 9.47 Å². The van der Waals surface area contributed by atoms with Gasteiger partial charge in [0.05, 0.1) is 12.1 Å². The van der Waals surface area contributed by atoms with E-state index in [1.54, 1.807) is 0 Å². The SMILES string of the molecule is O=C(CN1CC[C@@]2(O)CCCC[C@@H]2[C@H]1c1ccc2c(c1)OCO2)NC1CCCCC1. The minimum atomic E-state index is -0.629. The minimum Gasteiger partial charge on any atom is -0.454 e. The van der Waals surface area contributed by atoms with Crippen molar-refractivity contribution >= 4 is 5.91 Å². The fourth-order valence-electron chi connectivity index (χ4n) is 6.16. The summed E-state index contributed by atoms with van der Waals surface area (Å²) in [4.78, 5) is 15.2. The number of ether oxygens (including phenoxy) is 2. The van der Waals surface area contributed by atoms with E-state index in [1.165, 1.54) is 19.3 Å². The van der Waals surface area contributed by atoms with Crippen LogP contribution in [0.15, 0.2) is 18.2 Å². The van der Waals surface area contributed by atoms with Crippen molar-refractivity contribution < 1.29 is 19.4 Å². The van der Waals surface area contributed by atoms with Gasteiger partial charge in [0.1, 0.15) is 0 Å². The summed E-state index contributed by atoms with van der Waals surface area (Å²) in [6.07, 6.45) is 10.7. The number of amides is 1. The van der Waals surface area contributed by atoms with Crippen molar-refractivity contribution in [3.63, 3.8) is 0 Å². The van der Waals surface area contributed by atoms with Crippen LogP contribution in [-0.4, -0.2) is 47.4 Å². The highest BCUT2D eigenvalue weighted by Crippen LogP contribution is 2.50. The molecule has 5 rings (SSSR count). The van der Waals surface area contributed by atoms with Crippen LogP contribution in [0, 0.1) is 5.92 Å². The van der Waals surface area contributed by atoms with Crippen molar-refractivity contribution in [3.05, 3.63) is 23.8 Å². The van der Waals surface area contributed by atoms with Gasteiger partial charge in [-0.15, -0.1) is 0 Å². The molecule has 1 aromatic carbocycles. The molecule has 2 N–H and O–H groups in total. The molecule has 3 atom stereocenters. The molecule has 0 bridgehead atoms. The third-order valence-corrected chi connectivity index (χ3v) is 7.73. The van der Waals surface area contributed by atoms with E-state index in [0.29, 0.717) is 12.6 Å². The molecule has 2 aliphatic heterocycles. The lowest BCUT2D eigenvalue weighted by Crippen LogP contribution is -2.56. The lowest BCUT2D eigenvalue weighted by molar-refractivity contribution is -0.138. The molecular formula is C24H34N2O4. The van der Waals surface area contributed by atoms with Crippen LogP contribution < -0.4 is 14.8 Å². The van der Waals surface area contributed by atoms with Crippen LogP contribution in [-0.2, 0) is 4.79 Å². The Morgan fingerprint density at radius 1 is 1.07 bits per heavy atom. The maximum absolute atomic E-state index is 12.9. The number of nitrogens with zero attached hydrogens (tertiary/aromatic N) is 1. The molecule has 1 saturated heterocycles. The standard InChI is InChI=1S/C24H34N2O4/c27-22(25-18-6-2-1-3-7-18)15-26-13-12-24(28)11-5-4-8-19(24)23(26)17-9-10-20-21(14-17)30-16-29-20/h9-10,14,18-19,23,28H,1-8,11-13,15-16H2,(H,25,27)/t19-,23-,24+/m1/s1. The van der Waals surface area contributed by atoms with Crippen LogP contribution in [0.2, 0.25) is 0 Å². The number of carbonyl (C=O) groups excluding carboxylic acids is 1. The molecule has 3 fully saturated rings. The predicted molar refractivity (Wildman–Crippen MR) is 113 cm³/mol. The van der Waals surface area contributed by atoms with E-state index in [1.807, 2.05) is 6.07 Å². The Hall–Kier alpha value is -1.79. The van der Waals surface area contributed by atoms with Crippen molar-refractivity contribution in [1.82, 2.24) is 10.2 Å². The van der Waals surface area contributed by atoms with E-state index in [-0.39, 0.29) is 24.7 Å². The third kappa shape index (κ3) is 3.92. The highest BCUT2D eigenvalue weighted by atomic mass is 16.7. The molecule has 0 unspecified atom stereocenters. The summed E-state index contributed by atoms with van der Waals surface area (Å²) in [5.74, 6) is 1.80. The van der Waals surface area contributed by atoms with Crippen molar-refractivity contribution in [2.24, 2.45) is 5.92 Å². The zero-order valence-electron chi connectivity index (χ0n) is 17.8. The molecule has 0 radical (unpaired) electrons. The smallest absolute Gasteiger partial charge is 0.234 e. The largest absolute Gasteiger partial charge is 0.454 e. The van der Waals surface area contributed by atoms with Crippen molar-refractivity contribution in [3.8, 4) is 11.5 Å². The van der Waals surface area contributed by atoms with Gasteiger partial charge < -0.3 is 19.9 Å².